The van der Waals surface area contributed by atoms with Crippen LogP contribution in [-0.4, -0.2) is 9.97 Å². The first-order valence-corrected chi connectivity index (χ1v) is 8.57. The largest absolute Gasteiger partial charge is 0.232 e. The van der Waals surface area contributed by atoms with Crippen LogP contribution in [0, 0.1) is 13.8 Å². The van der Waals surface area contributed by atoms with Crippen molar-refractivity contribution < 1.29 is 0 Å². The van der Waals surface area contributed by atoms with Crippen LogP contribution < -0.4 is 0 Å². The number of nitrogens with zero attached hydrogens (tertiary/aromatic N) is 2. The molecule has 0 radical (unpaired) electrons. The minimum atomic E-state index is 0.794. The van der Waals surface area contributed by atoms with Gasteiger partial charge in [0.1, 0.15) is 0 Å². The van der Waals surface area contributed by atoms with Gasteiger partial charge in [0.2, 0.25) is 0 Å². The first kappa shape index (κ1) is 15.5. The predicted molar refractivity (Wildman–Crippen MR) is 104 cm³/mol. The quantitative estimate of drug-likeness (QED) is 0.497. The summed E-state index contributed by atoms with van der Waals surface area (Å²) in [5.74, 6) is 0.794. The third-order valence-corrected chi connectivity index (χ3v) is 4.45. The molecule has 1 heterocycles. The van der Waals surface area contributed by atoms with E-state index in [4.69, 9.17) is 9.97 Å². The van der Waals surface area contributed by atoms with Gasteiger partial charge in [-0.05, 0) is 31.5 Å². The number of hydrogen-bond donors (Lipinski definition) is 0. The normalized spacial score (nSPS) is 11.0. The van der Waals surface area contributed by atoms with E-state index in [1.165, 1.54) is 16.7 Å². The average molecular weight is 324 g/mol. The highest BCUT2D eigenvalue weighted by Crippen LogP contribution is 2.24. The Morgan fingerprint density at radius 3 is 2.20 bits per heavy atom. The molecule has 0 spiro atoms. The van der Waals surface area contributed by atoms with Crippen molar-refractivity contribution in [1.82, 2.24) is 9.97 Å². The molecule has 0 saturated heterocycles. The lowest BCUT2D eigenvalue weighted by Gasteiger charge is -2.10. The first-order chi connectivity index (χ1) is 12.2. The summed E-state index contributed by atoms with van der Waals surface area (Å²) in [5, 5.41) is 1.14. The Kier molecular flexibility index (Phi) is 4.02. The molecule has 3 aromatic carbocycles. The molecule has 4 aromatic rings. The molecule has 122 valence electrons. The molecule has 2 nitrogen and oxygen atoms in total. The third-order valence-electron chi connectivity index (χ3n) is 4.45. The fourth-order valence-electron chi connectivity index (χ4n) is 3.06. The molecule has 0 unspecified atom stereocenters. The highest BCUT2D eigenvalue weighted by Gasteiger charge is 2.10. The molecule has 0 N–H and O–H groups in total. The van der Waals surface area contributed by atoms with Gasteiger partial charge >= 0.3 is 0 Å². The Balaban J connectivity index is 1.88. The number of rotatable bonds is 3. The lowest BCUT2D eigenvalue weighted by atomic mass is 10.0. The van der Waals surface area contributed by atoms with Gasteiger partial charge in [-0.1, -0.05) is 71.8 Å². The van der Waals surface area contributed by atoms with Crippen LogP contribution in [0.4, 0.5) is 0 Å². The number of aromatic nitrogens is 2. The summed E-state index contributed by atoms with van der Waals surface area (Å²) in [5.41, 5.74) is 6.87. The van der Waals surface area contributed by atoms with E-state index in [1.807, 2.05) is 6.07 Å². The van der Waals surface area contributed by atoms with E-state index >= 15 is 0 Å². The van der Waals surface area contributed by atoms with Crippen molar-refractivity contribution in [1.29, 1.82) is 0 Å². The number of hydrogen-bond acceptors (Lipinski definition) is 2. The average Bonchev–Trinajstić information content (AvgIpc) is 2.63. The summed E-state index contributed by atoms with van der Waals surface area (Å²) in [6.07, 6.45) is 0.808. The molecule has 2 heteroatoms. The van der Waals surface area contributed by atoms with E-state index in [-0.39, 0.29) is 0 Å². The molecule has 0 aliphatic rings. The van der Waals surface area contributed by atoms with Crippen LogP contribution in [0.3, 0.4) is 0 Å². The number of benzene rings is 3. The van der Waals surface area contributed by atoms with Gasteiger partial charge in [-0.15, -0.1) is 0 Å². The highest BCUT2D eigenvalue weighted by molar-refractivity contribution is 5.83. The fraction of sp³-hybridized carbons (Fsp3) is 0.130. The van der Waals surface area contributed by atoms with Gasteiger partial charge in [0.15, 0.2) is 5.82 Å². The van der Waals surface area contributed by atoms with Gasteiger partial charge in [-0.2, -0.15) is 0 Å². The topological polar surface area (TPSA) is 25.8 Å². The van der Waals surface area contributed by atoms with Crippen LogP contribution in [-0.2, 0) is 6.42 Å². The van der Waals surface area contributed by atoms with E-state index < -0.39 is 0 Å². The maximum absolute atomic E-state index is 4.93. The Labute approximate surface area is 148 Å². The molecule has 1 aromatic heterocycles. The van der Waals surface area contributed by atoms with Gasteiger partial charge in [0.25, 0.3) is 0 Å². The molecule has 0 saturated carbocycles. The third kappa shape index (κ3) is 3.29. The first-order valence-electron chi connectivity index (χ1n) is 8.57. The Bertz CT molecular complexity index is 1020. The molecule has 0 fully saturated rings. The van der Waals surface area contributed by atoms with Gasteiger partial charge in [0, 0.05) is 17.4 Å². The smallest absolute Gasteiger partial charge is 0.160 e. The molecular weight excluding hydrogens is 304 g/mol. The summed E-state index contributed by atoms with van der Waals surface area (Å²) < 4.78 is 0. The maximum atomic E-state index is 4.93. The zero-order valence-electron chi connectivity index (χ0n) is 14.5. The summed E-state index contributed by atoms with van der Waals surface area (Å²) in [6.45, 7) is 4.20. The van der Waals surface area contributed by atoms with Crippen LogP contribution in [0.5, 0.6) is 0 Å². The zero-order valence-corrected chi connectivity index (χ0v) is 14.5. The summed E-state index contributed by atoms with van der Waals surface area (Å²) in [4.78, 5) is 9.73. The van der Waals surface area contributed by atoms with Gasteiger partial charge in [-0.3, -0.25) is 0 Å². The highest BCUT2D eigenvalue weighted by atomic mass is 14.9. The molecule has 0 atom stereocenters. The van der Waals surface area contributed by atoms with Crippen LogP contribution in [0.15, 0.2) is 72.8 Å². The lowest BCUT2D eigenvalue weighted by molar-refractivity contribution is 1.07. The zero-order chi connectivity index (χ0) is 17.2. The minimum Gasteiger partial charge on any atom is -0.232 e. The molecule has 0 bridgehead atoms. The van der Waals surface area contributed by atoms with E-state index in [0.29, 0.717) is 0 Å². The van der Waals surface area contributed by atoms with E-state index in [9.17, 15) is 0 Å². The fourth-order valence-corrected chi connectivity index (χ4v) is 3.06. The van der Waals surface area contributed by atoms with Crippen molar-refractivity contribution in [3.8, 4) is 11.4 Å². The second kappa shape index (κ2) is 6.48. The molecule has 0 amide bonds. The molecule has 4 rings (SSSR count). The standard InChI is InChI=1S/C23H20N2/c1-16-8-11-19(12-9-16)23-24-21-13-10-17(2)14-20(21)22(25-23)15-18-6-4-3-5-7-18/h3-14H,15H2,1-2H3. The second-order valence-corrected chi connectivity index (χ2v) is 6.54. The SMILES string of the molecule is Cc1ccc(-c2nc(Cc3ccccc3)c3cc(C)ccc3n2)cc1. The van der Waals surface area contributed by atoms with E-state index in [0.717, 1.165) is 34.4 Å². The van der Waals surface area contributed by atoms with Gasteiger partial charge < -0.3 is 0 Å². The monoisotopic (exact) mass is 324 g/mol. The van der Waals surface area contributed by atoms with E-state index in [1.54, 1.807) is 0 Å². The van der Waals surface area contributed by atoms with Crippen LogP contribution in [0.25, 0.3) is 22.3 Å². The molecular formula is C23H20N2. The van der Waals surface area contributed by atoms with Gasteiger partial charge in [-0.25, -0.2) is 9.97 Å². The minimum absolute atomic E-state index is 0.794. The van der Waals surface area contributed by atoms with Crippen molar-refractivity contribution >= 4 is 10.9 Å². The van der Waals surface area contributed by atoms with E-state index in [2.05, 4.69) is 80.6 Å². The van der Waals surface area contributed by atoms with Crippen molar-refractivity contribution in [3.63, 3.8) is 0 Å². The molecule has 25 heavy (non-hydrogen) atoms. The summed E-state index contributed by atoms with van der Waals surface area (Å²) in [7, 11) is 0. The number of fused-ring (bicyclic) bond motifs is 1. The van der Waals surface area contributed by atoms with Crippen LogP contribution in [0.1, 0.15) is 22.4 Å². The van der Waals surface area contributed by atoms with Crippen molar-refractivity contribution in [2.75, 3.05) is 0 Å². The second-order valence-electron chi connectivity index (χ2n) is 6.54. The summed E-state index contributed by atoms with van der Waals surface area (Å²) >= 11 is 0. The Hall–Kier alpha value is -3.00. The van der Waals surface area contributed by atoms with Crippen LogP contribution >= 0.6 is 0 Å². The lowest BCUT2D eigenvalue weighted by Crippen LogP contribution is -2.00. The molecule has 0 aliphatic heterocycles. The van der Waals surface area contributed by atoms with Crippen molar-refractivity contribution in [3.05, 3.63) is 95.2 Å². The Morgan fingerprint density at radius 2 is 1.44 bits per heavy atom. The maximum Gasteiger partial charge on any atom is 0.160 e. The Morgan fingerprint density at radius 1 is 0.720 bits per heavy atom. The van der Waals surface area contributed by atoms with Crippen molar-refractivity contribution in [2.45, 2.75) is 20.3 Å². The molecule has 0 aliphatic carbocycles. The predicted octanol–water partition coefficient (Wildman–Crippen LogP) is 5.50. The van der Waals surface area contributed by atoms with Crippen molar-refractivity contribution in [2.24, 2.45) is 0 Å². The number of aryl methyl sites for hydroxylation is 2. The van der Waals surface area contributed by atoms with Gasteiger partial charge in [0.05, 0.1) is 11.2 Å². The van der Waals surface area contributed by atoms with Crippen LogP contribution in [0.2, 0.25) is 0 Å². The summed E-state index contributed by atoms with van der Waals surface area (Å²) in [6, 6.07) is 25.3.